The highest BCUT2D eigenvalue weighted by Crippen LogP contribution is 2.24. The molecule has 2 aromatic heterocycles. The van der Waals surface area contributed by atoms with Crippen molar-refractivity contribution in [1.29, 1.82) is 0 Å². The Kier molecular flexibility index (Phi) is 7.08. The number of nitrogens with zero attached hydrogens (tertiary/aromatic N) is 6. The molecule has 0 unspecified atom stereocenters. The van der Waals surface area contributed by atoms with Gasteiger partial charge in [-0.25, -0.2) is 9.89 Å². The van der Waals surface area contributed by atoms with Crippen LogP contribution in [0, 0.1) is 11.8 Å². The Bertz CT molecular complexity index is 1390. The number of hydrogen-bond acceptors (Lipinski definition) is 6. The summed E-state index contributed by atoms with van der Waals surface area (Å²) < 4.78 is 2.41. The van der Waals surface area contributed by atoms with Gasteiger partial charge >= 0.3 is 5.69 Å². The number of rotatable bonds is 7. The minimum absolute atomic E-state index is 0.275. The third kappa shape index (κ3) is 5.02. The van der Waals surface area contributed by atoms with E-state index in [1.165, 1.54) is 4.57 Å². The molecule has 4 aromatic rings. The fourth-order valence-electron chi connectivity index (χ4n) is 3.51. The molecule has 0 aliphatic heterocycles. The summed E-state index contributed by atoms with van der Waals surface area (Å²) in [6.45, 7) is 4.20. The molecule has 0 aliphatic carbocycles. The van der Waals surface area contributed by atoms with Crippen molar-refractivity contribution < 1.29 is 4.79 Å². The molecule has 1 N–H and O–H groups in total. The summed E-state index contributed by atoms with van der Waals surface area (Å²) in [5.41, 5.74) is 3.36. The van der Waals surface area contributed by atoms with E-state index in [2.05, 4.69) is 37.6 Å². The van der Waals surface area contributed by atoms with Crippen molar-refractivity contribution in [3.8, 4) is 34.4 Å². The number of carbonyl (C=O) groups excluding carboxylic acids is 1. The van der Waals surface area contributed by atoms with Crippen LogP contribution >= 0.6 is 0 Å². The van der Waals surface area contributed by atoms with Gasteiger partial charge in [0.15, 0.2) is 5.82 Å². The van der Waals surface area contributed by atoms with Crippen LogP contribution in [-0.2, 0) is 6.54 Å². The molecule has 0 aliphatic rings. The van der Waals surface area contributed by atoms with Gasteiger partial charge in [-0.2, -0.15) is 0 Å². The highest BCUT2D eigenvalue weighted by Gasteiger charge is 2.17. The highest BCUT2D eigenvalue weighted by molar-refractivity contribution is 5.77. The van der Waals surface area contributed by atoms with E-state index in [4.69, 9.17) is 0 Å². The van der Waals surface area contributed by atoms with Crippen molar-refractivity contribution in [2.75, 3.05) is 0 Å². The summed E-state index contributed by atoms with van der Waals surface area (Å²) >= 11 is 0. The first kappa shape index (κ1) is 22.9. The van der Waals surface area contributed by atoms with Crippen molar-refractivity contribution in [2.45, 2.75) is 46.1 Å². The van der Waals surface area contributed by atoms with E-state index in [9.17, 15) is 9.59 Å². The van der Waals surface area contributed by atoms with Crippen LogP contribution < -0.4 is 5.69 Å². The lowest BCUT2D eigenvalue weighted by molar-refractivity contribution is 0.0878. The minimum atomic E-state index is -0.459. The maximum atomic E-state index is 13.0. The van der Waals surface area contributed by atoms with Gasteiger partial charge in [-0.15, -0.1) is 14.9 Å². The lowest BCUT2D eigenvalue weighted by Crippen LogP contribution is -2.30. The van der Waals surface area contributed by atoms with Crippen LogP contribution in [0.3, 0.4) is 0 Å². The molecule has 0 radical (unpaired) electrons. The maximum Gasteiger partial charge on any atom is 0.354 e. The van der Waals surface area contributed by atoms with Crippen LogP contribution in [0.4, 0.5) is 0 Å². The van der Waals surface area contributed by atoms with E-state index in [-0.39, 0.29) is 18.9 Å². The van der Waals surface area contributed by atoms with Crippen LogP contribution in [0.15, 0.2) is 53.3 Å². The summed E-state index contributed by atoms with van der Waals surface area (Å²) in [4.78, 5) is 25.4. The van der Waals surface area contributed by atoms with Crippen molar-refractivity contribution in [2.24, 2.45) is 0 Å². The molecule has 9 nitrogen and oxygen atoms in total. The maximum absolute atomic E-state index is 13.0. The molecule has 0 saturated carbocycles. The van der Waals surface area contributed by atoms with Gasteiger partial charge in [-0.1, -0.05) is 68.7 Å². The number of benzene rings is 2. The predicted octanol–water partition coefficient (Wildman–Crippen LogP) is 3.53. The molecule has 4 rings (SSSR count). The summed E-state index contributed by atoms with van der Waals surface area (Å²) in [5, 5.41) is 18.2. The molecule has 0 fully saturated rings. The first-order valence-electron chi connectivity index (χ1n) is 11.3. The topological polar surface area (TPSA) is 111 Å². The Hall–Kier alpha value is -4.32. The molecule has 172 valence electrons. The third-order valence-corrected chi connectivity index (χ3v) is 5.33. The van der Waals surface area contributed by atoms with Gasteiger partial charge in [0.25, 0.3) is 5.91 Å². The number of H-pyrrole nitrogens is 1. The summed E-state index contributed by atoms with van der Waals surface area (Å²) in [7, 11) is 0. The largest absolute Gasteiger partial charge is 0.354 e. The second kappa shape index (κ2) is 10.5. The van der Waals surface area contributed by atoms with E-state index in [0.717, 1.165) is 33.4 Å². The lowest BCUT2D eigenvalue weighted by Gasteiger charge is -2.07. The summed E-state index contributed by atoms with van der Waals surface area (Å²) in [6.07, 6.45) is 2.49. The normalized spacial score (nSPS) is 10.6. The predicted molar refractivity (Wildman–Crippen MR) is 128 cm³/mol. The Labute approximate surface area is 196 Å². The van der Waals surface area contributed by atoms with Crippen molar-refractivity contribution in [1.82, 2.24) is 35.0 Å². The van der Waals surface area contributed by atoms with Crippen molar-refractivity contribution in [3.05, 3.63) is 70.4 Å². The second-order valence-corrected chi connectivity index (χ2v) is 7.78. The molecular weight excluding hydrogens is 430 g/mol. The molecule has 2 heterocycles. The molecule has 0 bridgehead atoms. The van der Waals surface area contributed by atoms with Crippen LogP contribution in [0.5, 0.6) is 0 Å². The smallest absolute Gasteiger partial charge is 0.272 e. The molecule has 0 spiro atoms. The first-order valence-corrected chi connectivity index (χ1v) is 11.3. The summed E-state index contributed by atoms with van der Waals surface area (Å²) in [5.74, 6) is 6.47. The SMILES string of the molecule is CCC#Cc1nn(C(=O)CCCC)c(=O)n1Cc1ccc(-c2cccc(-c3nnn[nH]3)c2)cc1. The quantitative estimate of drug-likeness (QED) is 0.427. The third-order valence-electron chi connectivity index (χ3n) is 5.33. The Morgan fingerprint density at radius 1 is 1.06 bits per heavy atom. The number of aromatic amines is 1. The minimum Gasteiger partial charge on any atom is -0.272 e. The van der Waals surface area contributed by atoms with Crippen LogP contribution in [0.2, 0.25) is 0 Å². The first-order chi connectivity index (χ1) is 16.6. The zero-order valence-electron chi connectivity index (χ0n) is 19.2. The van der Waals surface area contributed by atoms with Crippen LogP contribution in [0.25, 0.3) is 22.5 Å². The number of aromatic nitrogens is 7. The van der Waals surface area contributed by atoms with Gasteiger partial charge in [0, 0.05) is 18.4 Å². The standard InChI is InChI=1S/C25H25N7O2/c1-3-5-10-22-28-32(23(33)11-6-4-2)25(34)31(22)17-18-12-14-19(15-13-18)20-8-7-9-21(16-20)24-26-29-30-27-24/h7-9,12-16H,3-4,6,11,17H2,1-2H3,(H,26,27,29,30). The number of unbranched alkanes of at least 4 members (excludes halogenated alkanes) is 1. The highest BCUT2D eigenvalue weighted by atomic mass is 16.2. The van der Waals surface area contributed by atoms with E-state index >= 15 is 0 Å². The number of nitrogens with one attached hydrogen (secondary N) is 1. The fourth-order valence-corrected chi connectivity index (χ4v) is 3.51. The van der Waals surface area contributed by atoms with Crippen molar-refractivity contribution >= 4 is 5.91 Å². The molecule has 0 atom stereocenters. The fraction of sp³-hybridized carbons (Fsp3) is 0.280. The van der Waals surface area contributed by atoms with E-state index in [0.29, 0.717) is 24.5 Å². The molecule has 0 amide bonds. The van der Waals surface area contributed by atoms with Gasteiger partial charge in [-0.3, -0.25) is 9.36 Å². The number of carbonyl (C=O) groups is 1. The number of tetrazole rings is 1. The van der Waals surface area contributed by atoms with Gasteiger partial charge in [0.1, 0.15) is 0 Å². The summed E-state index contributed by atoms with van der Waals surface area (Å²) in [6, 6.07) is 15.8. The average molecular weight is 456 g/mol. The molecule has 2 aromatic carbocycles. The van der Waals surface area contributed by atoms with Gasteiger partial charge in [-0.05, 0) is 45.5 Å². The van der Waals surface area contributed by atoms with E-state index in [1.807, 2.05) is 62.4 Å². The average Bonchev–Trinajstić information content (AvgIpc) is 3.51. The lowest BCUT2D eigenvalue weighted by atomic mass is 10.0. The van der Waals surface area contributed by atoms with E-state index < -0.39 is 5.69 Å². The van der Waals surface area contributed by atoms with E-state index in [1.54, 1.807) is 0 Å². The monoisotopic (exact) mass is 455 g/mol. The van der Waals surface area contributed by atoms with Gasteiger partial charge < -0.3 is 0 Å². The Morgan fingerprint density at radius 2 is 1.85 bits per heavy atom. The zero-order valence-corrected chi connectivity index (χ0v) is 19.2. The molecule has 9 heteroatoms. The molecule has 0 saturated heterocycles. The van der Waals surface area contributed by atoms with Gasteiger partial charge in [0.2, 0.25) is 5.82 Å². The Morgan fingerprint density at radius 3 is 2.56 bits per heavy atom. The second-order valence-electron chi connectivity index (χ2n) is 7.78. The zero-order chi connectivity index (χ0) is 23.9. The van der Waals surface area contributed by atoms with Crippen LogP contribution in [0.1, 0.15) is 55.7 Å². The van der Waals surface area contributed by atoms with Crippen molar-refractivity contribution in [3.63, 3.8) is 0 Å². The number of hydrogen-bond donors (Lipinski definition) is 1. The van der Waals surface area contributed by atoms with Crippen LogP contribution in [-0.4, -0.2) is 40.9 Å². The molecule has 34 heavy (non-hydrogen) atoms. The van der Waals surface area contributed by atoms with Gasteiger partial charge in [0.05, 0.1) is 6.54 Å². The Balaban J connectivity index is 1.60. The molecular formula is C25H25N7O2.